The number of rotatable bonds is 6. The molecule has 0 saturated heterocycles. The predicted molar refractivity (Wildman–Crippen MR) is 102 cm³/mol. The molecular weight excluding hydrogens is 360 g/mol. The molecular formula is C19H14N6OS. The minimum Gasteiger partial charge on any atom is -0.297 e. The molecule has 3 rings (SSSR count). The Bertz CT molecular complexity index is 1040. The summed E-state index contributed by atoms with van der Waals surface area (Å²) in [6, 6.07) is 13.5. The van der Waals surface area contributed by atoms with E-state index in [-0.39, 0.29) is 5.57 Å². The fourth-order valence-corrected chi connectivity index (χ4v) is 2.92. The fraction of sp³-hybridized carbons (Fsp3) is 0.105. The van der Waals surface area contributed by atoms with E-state index in [0.717, 1.165) is 5.56 Å². The largest absolute Gasteiger partial charge is 0.297 e. The number of thiazole rings is 1. The predicted octanol–water partition coefficient (Wildman–Crippen LogP) is 3.47. The smallest absolute Gasteiger partial charge is 0.268 e. The summed E-state index contributed by atoms with van der Waals surface area (Å²) in [4.78, 5) is 16.4. The maximum atomic E-state index is 12.4. The molecule has 1 amide bonds. The van der Waals surface area contributed by atoms with Crippen molar-refractivity contribution in [2.24, 2.45) is 0 Å². The lowest BCUT2D eigenvalue weighted by Crippen LogP contribution is -2.13. The van der Waals surface area contributed by atoms with Crippen molar-refractivity contribution in [1.82, 2.24) is 14.8 Å². The van der Waals surface area contributed by atoms with Crippen LogP contribution in [0.4, 0.5) is 5.13 Å². The number of amides is 1. The molecule has 2 heterocycles. The summed E-state index contributed by atoms with van der Waals surface area (Å²) in [6.45, 7) is 0.428. The fourth-order valence-electron chi connectivity index (χ4n) is 2.40. The first-order chi connectivity index (χ1) is 13.2. The van der Waals surface area contributed by atoms with Gasteiger partial charge in [0.1, 0.15) is 11.6 Å². The molecule has 0 aliphatic heterocycles. The van der Waals surface area contributed by atoms with E-state index >= 15 is 0 Å². The zero-order chi connectivity index (χ0) is 19.1. The molecule has 7 nitrogen and oxygen atoms in total. The molecule has 0 aliphatic rings. The Morgan fingerprint density at radius 3 is 2.78 bits per heavy atom. The third-order valence-corrected chi connectivity index (χ3v) is 4.30. The van der Waals surface area contributed by atoms with Crippen molar-refractivity contribution in [3.63, 3.8) is 0 Å². The number of benzene rings is 1. The van der Waals surface area contributed by atoms with Gasteiger partial charge in [0.25, 0.3) is 5.91 Å². The van der Waals surface area contributed by atoms with Crippen LogP contribution in [0.3, 0.4) is 0 Å². The summed E-state index contributed by atoms with van der Waals surface area (Å²) >= 11 is 1.27. The molecule has 0 spiro atoms. The number of carbonyl (C=O) groups excluding carboxylic acids is 1. The van der Waals surface area contributed by atoms with Gasteiger partial charge in [0, 0.05) is 28.9 Å². The number of hydrogen-bond donors (Lipinski definition) is 1. The number of hydrogen-bond acceptors (Lipinski definition) is 6. The number of carbonyl (C=O) groups is 1. The van der Waals surface area contributed by atoms with Crippen LogP contribution in [0.25, 0.3) is 17.3 Å². The zero-order valence-corrected chi connectivity index (χ0v) is 15.0. The molecule has 1 aromatic carbocycles. The molecule has 0 unspecified atom stereocenters. The highest BCUT2D eigenvalue weighted by Gasteiger charge is 2.15. The number of nitriles is 2. The van der Waals surface area contributed by atoms with E-state index in [2.05, 4.69) is 21.5 Å². The highest BCUT2D eigenvalue weighted by atomic mass is 32.1. The molecule has 3 aromatic rings. The highest BCUT2D eigenvalue weighted by Crippen LogP contribution is 2.24. The third-order valence-electron chi connectivity index (χ3n) is 3.61. The number of aromatic nitrogens is 3. The van der Waals surface area contributed by atoms with Crippen molar-refractivity contribution in [2.75, 3.05) is 5.32 Å². The first-order valence-electron chi connectivity index (χ1n) is 8.03. The van der Waals surface area contributed by atoms with Crippen LogP contribution < -0.4 is 5.32 Å². The maximum absolute atomic E-state index is 12.4. The van der Waals surface area contributed by atoms with E-state index < -0.39 is 5.91 Å². The van der Waals surface area contributed by atoms with E-state index in [0.29, 0.717) is 29.4 Å². The van der Waals surface area contributed by atoms with Crippen LogP contribution in [0.5, 0.6) is 0 Å². The van der Waals surface area contributed by atoms with Crippen molar-refractivity contribution < 1.29 is 4.79 Å². The molecule has 0 bridgehead atoms. The quantitative estimate of drug-likeness (QED) is 0.525. The number of anilines is 1. The lowest BCUT2D eigenvalue weighted by Gasteiger charge is -2.01. The topological polar surface area (TPSA) is 107 Å². The normalized spacial score (nSPS) is 10.8. The van der Waals surface area contributed by atoms with Crippen LogP contribution in [0.1, 0.15) is 12.0 Å². The molecule has 0 fully saturated rings. The summed E-state index contributed by atoms with van der Waals surface area (Å²) in [6.07, 6.45) is 5.12. The SMILES string of the molecule is N#CCCn1cc(/C=C(\C#N)C(=O)Nc2nccs2)c(-c2ccccc2)n1. The van der Waals surface area contributed by atoms with E-state index in [9.17, 15) is 10.1 Å². The second-order valence-electron chi connectivity index (χ2n) is 5.43. The molecule has 0 aliphatic carbocycles. The summed E-state index contributed by atoms with van der Waals surface area (Å²) in [5.74, 6) is -0.531. The number of nitrogens with zero attached hydrogens (tertiary/aromatic N) is 5. The Kier molecular flexibility index (Phi) is 5.73. The van der Waals surface area contributed by atoms with Crippen LogP contribution in [-0.4, -0.2) is 20.7 Å². The van der Waals surface area contributed by atoms with Gasteiger partial charge in [-0.15, -0.1) is 11.3 Å². The molecule has 0 radical (unpaired) electrons. The van der Waals surface area contributed by atoms with Gasteiger partial charge in [-0.1, -0.05) is 30.3 Å². The van der Waals surface area contributed by atoms with Crippen molar-refractivity contribution >= 4 is 28.5 Å². The van der Waals surface area contributed by atoms with Crippen molar-refractivity contribution in [3.05, 3.63) is 59.2 Å². The van der Waals surface area contributed by atoms with Gasteiger partial charge in [-0.05, 0) is 6.08 Å². The Morgan fingerprint density at radius 1 is 1.30 bits per heavy atom. The second-order valence-corrected chi connectivity index (χ2v) is 6.33. The van der Waals surface area contributed by atoms with E-state index in [4.69, 9.17) is 5.26 Å². The van der Waals surface area contributed by atoms with Crippen molar-refractivity contribution in [3.8, 4) is 23.4 Å². The molecule has 8 heteroatoms. The molecule has 1 N–H and O–H groups in total. The van der Waals surface area contributed by atoms with Gasteiger partial charge in [-0.3, -0.25) is 14.8 Å². The van der Waals surface area contributed by atoms with Gasteiger partial charge in [-0.2, -0.15) is 15.6 Å². The standard InChI is InChI=1S/C19H14N6OS/c20-7-4-9-25-13-16(17(24-25)14-5-2-1-3-6-14)11-15(12-21)18(26)23-19-22-8-10-27-19/h1-3,5-6,8,10-11,13H,4,9H2,(H,22,23,26)/b15-11+. The number of aryl methyl sites for hydroxylation is 1. The monoisotopic (exact) mass is 374 g/mol. The van der Waals surface area contributed by atoms with Crippen LogP contribution in [-0.2, 0) is 11.3 Å². The Labute approximate surface area is 159 Å². The Balaban J connectivity index is 1.96. The lowest BCUT2D eigenvalue weighted by atomic mass is 10.1. The zero-order valence-electron chi connectivity index (χ0n) is 14.2. The summed E-state index contributed by atoms with van der Waals surface area (Å²) in [7, 11) is 0. The minimum atomic E-state index is -0.531. The molecule has 132 valence electrons. The van der Waals surface area contributed by atoms with Crippen LogP contribution in [0.2, 0.25) is 0 Å². The van der Waals surface area contributed by atoms with E-state index in [1.54, 1.807) is 22.5 Å². The van der Waals surface area contributed by atoms with Gasteiger partial charge in [0.15, 0.2) is 5.13 Å². The van der Waals surface area contributed by atoms with Gasteiger partial charge in [0.2, 0.25) is 0 Å². The van der Waals surface area contributed by atoms with Crippen molar-refractivity contribution in [2.45, 2.75) is 13.0 Å². The van der Waals surface area contributed by atoms with Crippen LogP contribution in [0, 0.1) is 22.7 Å². The van der Waals surface area contributed by atoms with Crippen LogP contribution >= 0.6 is 11.3 Å². The van der Waals surface area contributed by atoms with Gasteiger partial charge >= 0.3 is 0 Å². The minimum absolute atomic E-state index is 0.0535. The molecule has 0 saturated carbocycles. The number of nitrogens with one attached hydrogen (secondary N) is 1. The van der Waals surface area contributed by atoms with Crippen molar-refractivity contribution in [1.29, 1.82) is 10.5 Å². The summed E-state index contributed by atoms with van der Waals surface area (Å²) in [5.41, 5.74) is 2.08. The first-order valence-corrected chi connectivity index (χ1v) is 8.91. The maximum Gasteiger partial charge on any atom is 0.268 e. The average molecular weight is 374 g/mol. The van der Waals surface area contributed by atoms with Gasteiger partial charge in [0.05, 0.1) is 24.7 Å². The molecule has 2 aromatic heterocycles. The molecule has 0 atom stereocenters. The molecule has 27 heavy (non-hydrogen) atoms. The Morgan fingerprint density at radius 2 is 2.11 bits per heavy atom. The van der Waals surface area contributed by atoms with Gasteiger partial charge < -0.3 is 0 Å². The Hall–Kier alpha value is -3.75. The first kappa shape index (κ1) is 18.1. The van der Waals surface area contributed by atoms with Crippen LogP contribution in [0.15, 0.2) is 53.7 Å². The van der Waals surface area contributed by atoms with E-state index in [1.165, 1.54) is 17.4 Å². The summed E-state index contributed by atoms with van der Waals surface area (Å²) < 4.78 is 1.64. The van der Waals surface area contributed by atoms with E-state index in [1.807, 2.05) is 36.4 Å². The lowest BCUT2D eigenvalue weighted by molar-refractivity contribution is -0.112. The van der Waals surface area contributed by atoms with Gasteiger partial charge in [-0.25, -0.2) is 4.98 Å². The summed E-state index contributed by atoms with van der Waals surface area (Å²) in [5, 5.41) is 27.5. The second kappa shape index (κ2) is 8.56. The average Bonchev–Trinajstić information content (AvgIpc) is 3.34. The highest BCUT2D eigenvalue weighted by molar-refractivity contribution is 7.13. The third kappa shape index (κ3) is 4.46.